The highest BCUT2D eigenvalue weighted by Gasteiger charge is 2.14. The van der Waals surface area contributed by atoms with Crippen LogP contribution in [0.5, 0.6) is 0 Å². The van der Waals surface area contributed by atoms with Crippen molar-refractivity contribution in [3.63, 3.8) is 0 Å². The topological polar surface area (TPSA) is 44.7 Å². The Balaban J connectivity index is 1.56. The minimum Gasteiger partial charge on any atom is -0.392 e. The van der Waals surface area contributed by atoms with Crippen LogP contribution in [0, 0.1) is 0 Å². The number of ether oxygens (including phenoxy) is 1. The highest BCUT2D eigenvalue weighted by atomic mass is 16.5. The predicted molar refractivity (Wildman–Crippen MR) is 96.8 cm³/mol. The minimum atomic E-state index is 0.0833. The molecule has 0 aliphatic carbocycles. The third-order valence-corrected chi connectivity index (χ3v) is 5.01. The van der Waals surface area contributed by atoms with Crippen LogP contribution in [0.2, 0.25) is 0 Å². The Morgan fingerprint density at radius 2 is 1.92 bits per heavy atom. The molecule has 2 N–H and O–H groups in total. The maximum Gasteiger partial charge on any atom is 0.0685 e. The van der Waals surface area contributed by atoms with Gasteiger partial charge in [0.25, 0.3) is 0 Å². The Hall–Kier alpha value is -2.04. The van der Waals surface area contributed by atoms with Gasteiger partial charge in [0.1, 0.15) is 0 Å². The van der Waals surface area contributed by atoms with Crippen molar-refractivity contribution in [2.45, 2.75) is 19.4 Å². The summed E-state index contributed by atoms with van der Waals surface area (Å²) in [5.41, 5.74) is 7.40. The van der Waals surface area contributed by atoms with Crippen molar-refractivity contribution in [3.8, 4) is 0 Å². The minimum absolute atomic E-state index is 0.0833. The summed E-state index contributed by atoms with van der Waals surface area (Å²) in [4.78, 5) is 2.33. The lowest BCUT2D eigenvalue weighted by Gasteiger charge is -2.29. The average molecular weight is 324 g/mol. The van der Waals surface area contributed by atoms with Gasteiger partial charge >= 0.3 is 0 Å². The smallest absolute Gasteiger partial charge is 0.0685 e. The van der Waals surface area contributed by atoms with E-state index >= 15 is 0 Å². The summed E-state index contributed by atoms with van der Waals surface area (Å²) < 4.78 is 5.42. The number of rotatable bonds is 4. The van der Waals surface area contributed by atoms with E-state index < -0.39 is 0 Å². The first-order valence-electron chi connectivity index (χ1n) is 8.74. The molecule has 0 unspecified atom stereocenters. The Morgan fingerprint density at radius 3 is 2.75 bits per heavy atom. The fourth-order valence-electron chi connectivity index (χ4n) is 3.64. The van der Waals surface area contributed by atoms with Gasteiger partial charge in [-0.15, -0.1) is 0 Å². The van der Waals surface area contributed by atoms with Gasteiger partial charge in [0.05, 0.1) is 19.8 Å². The maximum absolute atomic E-state index is 9.82. The standard InChI is InChI=1S/C20H24N2O2/c23-14-18-13-19(22-7-9-24-10-8-22)3-2-16(18)11-15-1-4-20-17(12-15)5-6-21-20/h1-4,12-13,21,23H,5-11,14H2. The molecule has 4 heteroatoms. The SMILES string of the molecule is OCc1cc(N2CCOCC2)ccc1Cc1ccc2c(c1)CCN2. The number of nitrogens with one attached hydrogen (secondary N) is 1. The number of anilines is 2. The molecule has 0 bridgehead atoms. The normalized spacial score (nSPS) is 16.8. The van der Waals surface area contributed by atoms with Gasteiger partial charge in [-0.25, -0.2) is 0 Å². The quantitative estimate of drug-likeness (QED) is 0.907. The number of aliphatic hydroxyl groups is 1. The number of aliphatic hydroxyl groups excluding tert-OH is 1. The van der Waals surface area contributed by atoms with Crippen LogP contribution in [-0.2, 0) is 24.2 Å². The molecule has 2 aromatic carbocycles. The summed E-state index contributed by atoms with van der Waals surface area (Å²) in [6, 6.07) is 13.1. The molecule has 126 valence electrons. The molecule has 0 radical (unpaired) electrons. The lowest BCUT2D eigenvalue weighted by Crippen LogP contribution is -2.36. The zero-order valence-electron chi connectivity index (χ0n) is 13.9. The van der Waals surface area contributed by atoms with Crippen molar-refractivity contribution < 1.29 is 9.84 Å². The van der Waals surface area contributed by atoms with E-state index in [1.54, 1.807) is 0 Å². The predicted octanol–water partition coefficient (Wildman–Crippen LogP) is 2.57. The molecule has 24 heavy (non-hydrogen) atoms. The molecule has 2 aromatic rings. The Morgan fingerprint density at radius 1 is 1.04 bits per heavy atom. The van der Waals surface area contributed by atoms with Crippen molar-refractivity contribution in [1.82, 2.24) is 0 Å². The number of hydrogen-bond donors (Lipinski definition) is 2. The van der Waals surface area contributed by atoms with Crippen molar-refractivity contribution in [3.05, 3.63) is 58.7 Å². The lowest BCUT2D eigenvalue weighted by atomic mass is 9.97. The van der Waals surface area contributed by atoms with E-state index in [9.17, 15) is 5.11 Å². The van der Waals surface area contributed by atoms with Crippen LogP contribution in [0.25, 0.3) is 0 Å². The zero-order valence-corrected chi connectivity index (χ0v) is 13.9. The van der Waals surface area contributed by atoms with Crippen LogP contribution in [0.1, 0.15) is 22.3 Å². The van der Waals surface area contributed by atoms with Crippen molar-refractivity contribution in [2.24, 2.45) is 0 Å². The zero-order chi connectivity index (χ0) is 16.4. The third-order valence-electron chi connectivity index (χ3n) is 5.01. The van der Waals surface area contributed by atoms with Crippen molar-refractivity contribution in [1.29, 1.82) is 0 Å². The monoisotopic (exact) mass is 324 g/mol. The van der Waals surface area contributed by atoms with E-state index in [0.717, 1.165) is 51.3 Å². The number of benzene rings is 2. The van der Waals surface area contributed by atoms with Gasteiger partial charge in [-0.2, -0.15) is 0 Å². The summed E-state index contributed by atoms with van der Waals surface area (Å²) >= 11 is 0. The molecule has 1 saturated heterocycles. The molecular weight excluding hydrogens is 300 g/mol. The van der Waals surface area contributed by atoms with E-state index in [4.69, 9.17) is 4.74 Å². The molecule has 2 aliphatic rings. The van der Waals surface area contributed by atoms with Crippen LogP contribution in [-0.4, -0.2) is 38.0 Å². The second-order valence-corrected chi connectivity index (χ2v) is 6.56. The number of nitrogens with zero attached hydrogens (tertiary/aromatic N) is 1. The molecule has 2 heterocycles. The fraction of sp³-hybridized carbons (Fsp3) is 0.400. The van der Waals surface area contributed by atoms with Crippen LogP contribution in [0.3, 0.4) is 0 Å². The van der Waals surface area contributed by atoms with Crippen LogP contribution < -0.4 is 10.2 Å². The van der Waals surface area contributed by atoms with Gasteiger partial charge in [0, 0.05) is 31.0 Å². The molecule has 0 spiro atoms. The molecule has 2 aliphatic heterocycles. The summed E-state index contributed by atoms with van der Waals surface area (Å²) in [5, 5.41) is 13.2. The number of hydrogen-bond acceptors (Lipinski definition) is 4. The second-order valence-electron chi connectivity index (χ2n) is 6.56. The summed E-state index contributed by atoms with van der Waals surface area (Å²) in [6.07, 6.45) is 1.97. The van der Waals surface area contributed by atoms with Gasteiger partial charge in [-0.05, 0) is 53.3 Å². The number of morpholine rings is 1. The van der Waals surface area contributed by atoms with Crippen molar-refractivity contribution in [2.75, 3.05) is 43.1 Å². The van der Waals surface area contributed by atoms with Gasteiger partial charge in [-0.3, -0.25) is 0 Å². The Labute approximate surface area is 143 Å². The molecule has 0 atom stereocenters. The van der Waals surface area contributed by atoms with Crippen molar-refractivity contribution >= 4 is 11.4 Å². The largest absolute Gasteiger partial charge is 0.392 e. The van der Waals surface area contributed by atoms with E-state index in [0.29, 0.717) is 0 Å². The first-order valence-corrected chi connectivity index (χ1v) is 8.74. The van der Waals surface area contributed by atoms with E-state index in [1.165, 1.54) is 28.1 Å². The van der Waals surface area contributed by atoms with Crippen LogP contribution in [0.4, 0.5) is 11.4 Å². The van der Waals surface area contributed by atoms with Gasteiger partial charge < -0.3 is 20.1 Å². The first-order chi connectivity index (χ1) is 11.8. The highest BCUT2D eigenvalue weighted by molar-refractivity contribution is 5.57. The molecular formula is C20H24N2O2. The van der Waals surface area contributed by atoms with Gasteiger partial charge in [-0.1, -0.05) is 18.2 Å². The summed E-state index contributed by atoms with van der Waals surface area (Å²) in [5.74, 6) is 0. The second kappa shape index (κ2) is 6.83. The highest BCUT2D eigenvalue weighted by Crippen LogP contribution is 2.26. The molecule has 1 fully saturated rings. The van der Waals surface area contributed by atoms with Crippen LogP contribution >= 0.6 is 0 Å². The van der Waals surface area contributed by atoms with E-state index in [-0.39, 0.29) is 6.61 Å². The maximum atomic E-state index is 9.82. The van der Waals surface area contributed by atoms with E-state index in [1.807, 2.05) is 0 Å². The Kier molecular flexibility index (Phi) is 4.41. The first kappa shape index (κ1) is 15.5. The summed E-state index contributed by atoms with van der Waals surface area (Å²) in [7, 11) is 0. The lowest BCUT2D eigenvalue weighted by molar-refractivity contribution is 0.122. The molecule has 4 nitrogen and oxygen atoms in total. The number of fused-ring (bicyclic) bond motifs is 1. The molecule has 4 rings (SSSR count). The Bertz CT molecular complexity index is 724. The third kappa shape index (κ3) is 3.12. The average Bonchev–Trinajstić information content (AvgIpc) is 3.10. The van der Waals surface area contributed by atoms with Gasteiger partial charge in [0.2, 0.25) is 0 Å². The van der Waals surface area contributed by atoms with Gasteiger partial charge in [0.15, 0.2) is 0 Å². The molecule has 0 amide bonds. The summed E-state index contributed by atoms with van der Waals surface area (Å²) in [6.45, 7) is 4.51. The van der Waals surface area contributed by atoms with Crippen LogP contribution in [0.15, 0.2) is 36.4 Å². The molecule has 0 saturated carbocycles. The van der Waals surface area contributed by atoms with E-state index in [2.05, 4.69) is 46.6 Å². The molecule has 0 aromatic heterocycles. The fourth-order valence-corrected chi connectivity index (χ4v) is 3.64.